The molecule has 1 aliphatic carbocycles. The predicted octanol–water partition coefficient (Wildman–Crippen LogP) is 0.710. The third kappa shape index (κ3) is 4.40. The van der Waals surface area contributed by atoms with E-state index in [2.05, 4.69) is 18.9 Å². The van der Waals surface area contributed by atoms with Gasteiger partial charge in [0.15, 0.2) is 0 Å². The van der Waals surface area contributed by atoms with Gasteiger partial charge in [-0.05, 0) is 50.1 Å². The average Bonchev–Trinajstić information content (AvgIpc) is 2.19. The van der Waals surface area contributed by atoms with Gasteiger partial charge in [0.25, 0.3) is 0 Å². The second kappa shape index (κ2) is 7.83. The van der Waals surface area contributed by atoms with Gasteiger partial charge in [0.1, 0.15) is 0 Å². The Hall–Kier alpha value is 1.60. The van der Waals surface area contributed by atoms with E-state index in [0.29, 0.717) is 0 Å². The number of hydrogen-bond acceptors (Lipinski definition) is 1. The van der Waals surface area contributed by atoms with Crippen LogP contribution in [0.15, 0.2) is 0 Å². The number of piperidine rings is 1. The average molecular weight is 235 g/mol. The van der Waals surface area contributed by atoms with Gasteiger partial charge in [-0.2, -0.15) is 0 Å². The molecular formula is C13H26KN. The molecule has 0 aromatic rings. The van der Waals surface area contributed by atoms with Crippen LogP contribution < -0.4 is 51.4 Å². The quantitative estimate of drug-likeness (QED) is 0.478. The molecule has 1 aliphatic heterocycles. The molecule has 15 heavy (non-hydrogen) atoms. The Labute approximate surface area is 139 Å². The summed E-state index contributed by atoms with van der Waals surface area (Å²) >= 11 is 0. The molecule has 1 heterocycles. The van der Waals surface area contributed by atoms with Gasteiger partial charge in [0, 0.05) is 0 Å². The fraction of sp³-hybridized carbons (Fsp3) is 0.923. The fourth-order valence-electron chi connectivity index (χ4n) is 2.89. The summed E-state index contributed by atoms with van der Waals surface area (Å²) in [6.07, 6.45) is 7.24. The van der Waals surface area contributed by atoms with Gasteiger partial charge >= 0.3 is 51.4 Å². The van der Waals surface area contributed by atoms with Crippen molar-refractivity contribution in [1.29, 1.82) is 0 Å². The van der Waals surface area contributed by atoms with Crippen LogP contribution in [0, 0.1) is 18.4 Å². The largest absolute Gasteiger partial charge is 1.00 e. The molecule has 1 spiro atoms. The van der Waals surface area contributed by atoms with E-state index in [9.17, 15) is 0 Å². The molecule has 2 heteroatoms. The Morgan fingerprint density at radius 3 is 2.07 bits per heavy atom. The Bertz CT molecular complexity index is 146. The summed E-state index contributed by atoms with van der Waals surface area (Å²) in [5.74, 6) is 1.06. The number of likely N-dealkylation sites (tertiary alicyclic amines) is 1. The first kappa shape index (κ1) is 16.6. The standard InChI is InChI=1S/C11H20N.C2H6.K/c1-3-10-8-11(9-10)4-6-12(2)7-5-11;1-2;/h10H,2-9H2,1H3;1-2H3;/q-1;;+1. The first-order valence-corrected chi connectivity index (χ1v) is 6.29. The maximum Gasteiger partial charge on any atom is 1.00 e. The molecule has 2 rings (SSSR count). The van der Waals surface area contributed by atoms with E-state index in [1.54, 1.807) is 0 Å². The van der Waals surface area contributed by atoms with Gasteiger partial charge < -0.3 is 4.90 Å². The van der Waals surface area contributed by atoms with Crippen LogP contribution in [0.3, 0.4) is 0 Å². The number of rotatable bonds is 1. The van der Waals surface area contributed by atoms with Crippen molar-refractivity contribution in [2.45, 2.75) is 52.9 Å². The minimum absolute atomic E-state index is 0. The van der Waals surface area contributed by atoms with E-state index in [1.165, 1.54) is 45.2 Å². The SMILES string of the molecule is CC.[CH2-]N1CCC2(CC1)CC(CC)C2.[K+]. The van der Waals surface area contributed by atoms with Crippen molar-refractivity contribution in [2.24, 2.45) is 11.3 Å². The Morgan fingerprint density at radius 2 is 1.67 bits per heavy atom. The molecule has 0 aromatic carbocycles. The van der Waals surface area contributed by atoms with Crippen LogP contribution in [0.4, 0.5) is 0 Å². The monoisotopic (exact) mass is 235 g/mol. The van der Waals surface area contributed by atoms with E-state index in [4.69, 9.17) is 0 Å². The van der Waals surface area contributed by atoms with Crippen LogP contribution in [-0.4, -0.2) is 18.0 Å². The van der Waals surface area contributed by atoms with Crippen LogP contribution in [0.2, 0.25) is 0 Å². The van der Waals surface area contributed by atoms with Gasteiger partial charge in [-0.3, -0.25) is 7.05 Å². The maximum atomic E-state index is 3.99. The molecule has 0 radical (unpaired) electrons. The third-order valence-electron chi connectivity index (χ3n) is 3.94. The molecule has 0 bridgehead atoms. The van der Waals surface area contributed by atoms with Crippen molar-refractivity contribution in [3.8, 4) is 0 Å². The number of hydrogen-bond donors (Lipinski definition) is 0. The van der Waals surface area contributed by atoms with Crippen LogP contribution in [0.25, 0.3) is 0 Å². The Kier molecular flexibility index (Phi) is 8.67. The van der Waals surface area contributed by atoms with E-state index in [-0.39, 0.29) is 51.4 Å². The summed E-state index contributed by atoms with van der Waals surface area (Å²) in [5.41, 5.74) is 0.773. The molecule has 0 atom stereocenters. The molecule has 1 saturated carbocycles. The van der Waals surface area contributed by atoms with Crippen molar-refractivity contribution in [2.75, 3.05) is 13.1 Å². The van der Waals surface area contributed by atoms with Gasteiger partial charge in [0.05, 0.1) is 0 Å². The summed E-state index contributed by atoms with van der Waals surface area (Å²) in [6, 6.07) is 0. The van der Waals surface area contributed by atoms with Crippen molar-refractivity contribution >= 4 is 0 Å². The van der Waals surface area contributed by atoms with Crippen molar-refractivity contribution in [3.63, 3.8) is 0 Å². The van der Waals surface area contributed by atoms with Crippen molar-refractivity contribution < 1.29 is 51.4 Å². The van der Waals surface area contributed by atoms with E-state index < -0.39 is 0 Å². The molecule has 2 fully saturated rings. The van der Waals surface area contributed by atoms with E-state index in [0.717, 1.165) is 11.3 Å². The van der Waals surface area contributed by atoms with Gasteiger partial charge in [-0.1, -0.05) is 27.2 Å². The summed E-state index contributed by atoms with van der Waals surface area (Å²) in [6.45, 7) is 8.79. The molecule has 84 valence electrons. The van der Waals surface area contributed by atoms with Gasteiger partial charge in [0.2, 0.25) is 0 Å². The van der Waals surface area contributed by atoms with Crippen LogP contribution in [0.1, 0.15) is 52.9 Å². The maximum absolute atomic E-state index is 3.99. The normalized spacial score (nSPS) is 24.8. The smallest absolute Gasteiger partial charge is 0.459 e. The second-order valence-corrected chi connectivity index (χ2v) is 4.80. The molecule has 1 saturated heterocycles. The zero-order valence-electron chi connectivity index (χ0n) is 11.2. The van der Waals surface area contributed by atoms with Gasteiger partial charge in [-0.25, -0.2) is 0 Å². The van der Waals surface area contributed by atoms with E-state index >= 15 is 0 Å². The fourth-order valence-corrected chi connectivity index (χ4v) is 2.89. The summed E-state index contributed by atoms with van der Waals surface area (Å²) < 4.78 is 0. The predicted molar refractivity (Wildman–Crippen MR) is 63.0 cm³/mol. The molecule has 2 aliphatic rings. The minimum atomic E-state index is 0. The Balaban J connectivity index is 0.000000617. The third-order valence-corrected chi connectivity index (χ3v) is 3.94. The van der Waals surface area contributed by atoms with Crippen LogP contribution in [-0.2, 0) is 0 Å². The Morgan fingerprint density at radius 1 is 1.20 bits per heavy atom. The zero-order chi connectivity index (χ0) is 10.6. The van der Waals surface area contributed by atoms with Crippen LogP contribution >= 0.6 is 0 Å². The molecular weight excluding hydrogens is 209 g/mol. The first-order valence-electron chi connectivity index (χ1n) is 6.29. The first-order chi connectivity index (χ1) is 6.74. The molecule has 1 nitrogen and oxygen atoms in total. The molecule has 0 amide bonds. The summed E-state index contributed by atoms with van der Waals surface area (Å²) in [4.78, 5) is 2.23. The van der Waals surface area contributed by atoms with E-state index in [1.807, 2.05) is 13.8 Å². The summed E-state index contributed by atoms with van der Waals surface area (Å²) in [5, 5.41) is 0. The molecule has 0 N–H and O–H groups in total. The van der Waals surface area contributed by atoms with Crippen LogP contribution in [0.5, 0.6) is 0 Å². The summed E-state index contributed by atoms with van der Waals surface area (Å²) in [7, 11) is 3.99. The second-order valence-electron chi connectivity index (χ2n) is 4.80. The zero-order valence-corrected chi connectivity index (χ0v) is 14.3. The molecule has 0 aromatic heterocycles. The topological polar surface area (TPSA) is 3.24 Å². The molecule has 0 unspecified atom stereocenters. The van der Waals surface area contributed by atoms with Crippen molar-refractivity contribution in [3.05, 3.63) is 7.05 Å². The van der Waals surface area contributed by atoms with Gasteiger partial charge in [-0.15, -0.1) is 0 Å². The minimum Gasteiger partial charge on any atom is -0.459 e. The van der Waals surface area contributed by atoms with Crippen molar-refractivity contribution in [1.82, 2.24) is 4.90 Å². The number of nitrogens with zero attached hydrogens (tertiary/aromatic N) is 1.